The van der Waals surface area contributed by atoms with Crippen LogP contribution >= 0.6 is 0 Å². The first kappa shape index (κ1) is 31.2. The Bertz CT molecular complexity index is 1680. The number of rotatable bonds is 9. The van der Waals surface area contributed by atoms with E-state index in [1.807, 2.05) is 43.3 Å². The van der Waals surface area contributed by atoms with E-state index in [1.54, 1.807) is 18.2 Å². The molecule has 0 amide bonds. The molecule has 0 atom stereocenters. The number of nitriles is 1. The third kappa shape index (κ3) is 7.09. The van der Waals surface area contributed by atoms with Crippen LogP contribution in [0.15, 0.2) is 91.0 Å². The molecular formula is C37H32F5NO. The highest BCUT2D eigenvalue weighted by atomic mass is 19.3. The van der Waals surface area contributed by atoms with Crippen molar-refractivity contribution in [3.8, 4) is 28.3 Å². The van der Waals surface area contributed by atoms with Crippen LogP contribution in [0.5, 0.6) is 0 Å². The molecule has 0 bridgehead atoms. The van der Waals surface area contributed by atoms with Crippen molar-refractivity contribution in [1.82, 2.24) is 0 Å². The summed E-state index contributed by atoms with van der Waals surface area (Å²) in [5, 5.41) is 8.92. The lowest BCUT2D eigenvalue weighted by Gasteiger charge is -2.31. The fourth-order valence-electron chi connectivity index (χ4n) is 5.80. The van der Waals surface area contributed by atoms with E-state index in [0.29, 0.717) is 55.2 Å². The van der Waals surface area contributed by atoms with Gasteiger partial charge in [0.1, 0.15) is 23.5 Å². The Labute approximate surface area is 254 Å². The molecule has 4 aromatic carbocycles. The molecule has 1 saturated carbocycles. The van der Waals surface area contributed by atoms with Crippen molar-refractivity contribution in [2.24, 2.45) is 0 Å². The molecule has 1 aliphatic rings. The fourth-order valence-corrected chi connectivity index (χ4v) is 5.80. The van der Waals surface area contributed by atoms with Crippen LogP contribution in [0.25, 0.3) is 22.3 Å². The highest BCUT2D eigenvalue weighted by Crippen LogP contribution is 2.40. The zero-order valence-electron chi connectivity index (χ0n) is 24.3. The van der Waals surface area contributed by atoms with Gasteiger partial charge < -0.3 is 4.74 Å². The van der Waals surface area contributed by atoms with Gasteiger partial charge in [-0.3, -0.25) is 0 Å². The van der Waals surface area contributed by atoms with Gasteiger partial charge in [-0.05, 0) is 110 Å². The van der Waals surface area contributed by atoms with Crippen molar-refractivity contribution in [2.45, 2.75) is 63.6 Å². The van der Waals surface area contributed by atoms with E-state index in [0.717, 1.165) is 29.3 Å². The van der Waals surface area contributed by atoms with Gasteiger partial charge in [0.05, 0.1) is 17.2 Å². The quantitative estimate of drug-likeness (QED) is 0.141. The molecule has 0 N–H and O–H groups in total. The van der Waals surface area contributed by atoms with Crippen LogP contribution in [0.2, 0.25) is 0 Å². The summed E-state index contributed by atoms with van der Waals surface area (Å²) in [6, 6.07) is 22.0. The van der Waals surface area contributed by atoms with Crippen LogP contribution in [0.1, 0.15) is 67.2 Å². The highest BCUT2D eigenvalue weighted by molar-refractivity contribution is 5.71. The second-order valence-electron chi connectivity index (χ2n) is 11.2. The lowest BCUT2D eigenvalue weighted by atomic mass is 9.82. The number of ether oxygens (including phenoxy) is 1. The fraction of sp³-hybridized carbons (Fsp3) is 0.270. The molecule has 0 heterocycles. The zero-order valence-corrected chi connectivity index (χ0v) is 24.3. The summed E-state index contributed by atoms with van der Waals surface area (Å²) >= 11 is 0. The molecule has 1 fully saturated rings. The van der Waals surface area contributed by atoms with Crippen molar-refractivity contribution < 1.29 is 26.7 Å². The molecule has 4 aromatic rings. The third-order valence-corrected chi connectivity index (χ3v) is 8.26. The van der Waals surface area contributed by atoms with E-state index < -0.39 is 35.2 Å². The normalized spacial score (nSPS) is 17.1. The number of allylic oxidation sites excluding steroid dienone is 2. The molecule has 0 unspecified atom stereocenters. The van der Waals surface area contributed by atoms with E-state index in [-0.39, 0.29) is 17.0 Å². The van der Waals surface area contributed by atoms with Crippen molar-refractivity contribution in [1.29, 1.82) is 5.26 Å². The van der Waals surface area contributed by atoms with E-state index in [2.05, 4.69) is 0 Å². The smallest absolute Gasteiger partial charge is 0.313 e. The number of halogens is 5. The summed E-state index contributed by atoms with van der Waals surface area (Å²) in [7, 11) is 0. The zero-order chi connectivity index (χ0) is 31.3. The maximum absolute atomic E-state index is 15.0. The number of alkyl halides is 2. The maximum Gasteiger partial charge on any atom is 0.386 e. The summed E-state index contributed by atoms with van der Waals surface area (Å²) in [5.74, 6) is -2.00. The Kier molecular flexibility index (Phi) is 9.61. The number of hydrogen-bond acceptors (Lipinski definition) is 2. The molecule has 0 aromatic heterocycles. The van der Waals surface area contributed by atoms with Crippen molar-refractivity contribution in [3.05, 3.63) is 131 Å². The predicted octanol–water partition coefficient (Wildman–Crippen LogP) is 10.6. The maximum atomic E-state index is 15.0. The molecule has 0 saturated heterocycles. The number of hydrogen-bond donors (Lipinski definition) is 0. The molecular weight excluding hydrogens is 569 g/mol. The minimum atomic E-state index is -3.72. The first-order chi connectivity index (χ1) is 21.2. The molecule has 0 radical (unpaired) electrons. The third-order valence-electron chi connectivity index (χ3n) is 8.26. The highest BCUT2D eigenvalue weighted by Gasteiger charge is 2.40. The lowest BCUT2D eigenvalue weighted by Crippen LogP contribution is -2.30. The summed E-state index contributed by atoms with van der Waals surface area (Å²) in [4.78, 5) is 0. The number of nitrogens with zero attached hydrogens (tertiary/aromatic N) is 1. The summed E-state index contributed by atoms with van der Waals surface area (Å²) in [5.41, 5.74) is 2.92. The standard InChI is InChI=1S/C37H32F5NO/c1-2-3-4-5-24-6-19-33(36(40)20-24)37(41,42)44-31-16-13-26(14-17-31)25-7-9-27(10-8-25)28-15-18-32(35(39)21-28)29-11-12-30(23-43)34(38)22-29/h2-3,6-12,15,18-22,26,31H,4-5,13-14,16-17H2,1H3/b3-2+. The van der Waals surface area contributed by atoms with E-state index in [1.165, 1.54) is 24.3 Å². The van der Waals surface area contributed by atoms with Crippen LogP contribution < -0.4 is 0 Å². The topological polar surface area (TPSA) is 33.0 Å². The molecule has 5 rings (SSSR count). The van der Waals surface area contributed by atoms with Gasteiger partial charge in [-0.2, -0.15) is 14.0 Å². The largest absolute Gasteiger partial charge is 0.386 e. The number of aryl methyl sites for hydroxylation is 1. The molecule has 1 aliphatic carbocycles. The summed E-state index contributed by atoms with van der Waals surface area (Å²) < 4.78 is 78.6. The summed E-state index contributed by atoms with van der Waals surface area (Å²) in [6.45, 7) is 1.89. The van der Waals surface area contributed by atoms with Gasteiger partial charge in [0.2, 0.25) is 0 Å². The molecule has 0 aliphatic heterocycles. The average molecular weight is 602 g/mol. The number of benzene rings is 4. The minimum Gasteiger partial charge on any atom is -0.313 e. The van der Waals surface area contributed by atoms with Crippen LogP contribution in [0.4, 0.5) is 22.0 Å². The van der Waals surface area contributed by atoms with E-state index >= 15 is 0 Å². The second kappa shape index (κ2) is 13.6. The van der Waals surface area contributed by atoms with Gasteiger partial charge in [0.25, 0.3) is 0 Å². The van der Waals surface area contributed by atoms with Gasteiger partial charge in [-0.1, -0.05) is 60.7 Å². The molecule has 2 nitrogen and oxygen atoms in total. The summed E-state index contributed by atoms with van der Waals surface area (Å²) in [6.07, 6.45) is 2.87. The second-order valence-corrected chi connectivity index (χ2v) is 11.2. The lowest BCUT2D eigenvalue weighted by molar-refractivity contribution is -0.278. The van der Waals surface area contributed by atoms with E-state index in [9.17, 15) is 22.0 Å². The van der Waals surface area contributed by atoms with Crippen LogP contribution in [0.3, 0.4) is 0 Å². The average Bonchev–Trinajstić information content (AvgIpc) is 3.01. The van der Waals surface area contributed by atoms with E-state index in [4.69, 9.17) is 10.00 Å². The van der Waals surface area contributed by atoms with Gasteiger partial charge in [0.15, 0.2) is 0 Å². The van der Waals surface area contributed by atoms with Gasteiger partial charge >= 0.3 is 6.11 Å². The monoisotopic (exact) mass is 601 g/mol. The molecule has 44 heavy (non-hydrogen) atoms. The molecule has 0 spiro atoms. The molecule has 7 heteroatoms. The first-order valence-electron chi connectivity index (χ1n) is 14.7. The minimum absolute atomic E-state index is 0.0998. The Morgan fingerprint density at radius 2 is 1.48 bits per heavy atom. The van der Waals surface area contributed by atoms with Crippen molar-refractivity contribution in [3.63, 3.8) is 0 Å². The van der Waals surface area contributed by atoms with Crippen molar-refractivity contribution in [2.75, 3.05) is 0 Å². The van der Waals surface area contributed by atoms with Gasteiger partial charge in [0, 0.05) is 5.56 Å². The Morgan fingerprint density at radius 3 is 2.11 bits per heavy atom. The van der Waals surface area contributed by atoms with Gasteiger partial charge in [-0.25, -0.2) is 13.2 Å². The van der Waals surface area contributed by atoms with Crippen molar-refractivity contribution >= 4 is 0 Å². The SMILES string of the molecule is C/C=C/CCc1ccc(C(F)(F)OC2CCC(c3ccc(-c4ccc(-c5ccc(C#N)c(F)c5)c(F)c4)cc3)CC2)c(F)c1. The first-order valence-corrected chi connectivity index (χ1v) is 14.7. The Balaban J connectivity index is 1.19. The van der Waals surface area contributed by atoms with Gasteiger partial charge in [-0.15, -0.1) is 0 Å². The molecule has 226 valence electrons. The Hall–Kier alpha value is -4.28. The predicted molar refractivity (Wildman–Crippen MR) is 161 cm³/mol. The van der Waals surface area contributed by atoms with Crippen LogP contribution in [-0.4, -0.2) is 6.10 Å². The van der Waals surface area contributed by atoms with Crippen LogP contribution in [0, 0.1) is 28.8 Å². The van der Waals surface area contributed by atoms with Crippen LogP contribution in [-0.2, 0) is 17.3 Å². The Morgan fingerprint density at radius 1 is 0.795 bits per heavy atom.